The molecule has 4 rings (SSSR count). The molecule has 1 N–H and O–H groups in total. The van der Waals surface area contributed by atoms with E-state index in [1.807, 2.05) is 24.3 Å². The van der Waals surface area contributed by atoms with Gasteiger partial charge in [0.25, 0.3) is 0 Å². The molecule has 7 heteroatoms. The molecule has 92 valence electrons. The van der Waals surface area contributed by atoms with Crippen LogP contribution in [0.4, 0.5) is 0 Å². The van der Waals surface area contributed by atoms with Gasteiger partial charge in [-0.05, 0) is 12.1 Å². The van der Waals surface area contributed by atoms with Crippen LogP contribution in [-0.2, 0) is 0 Å². The second-order valence-electron chi connectivity index (χ2n) is 4.09. The van der Waals surface area contributed by atoms with E-state index >= 15 is 0 Å². The normalized spacial score (nSPS) is 11.4. The molecule has 3 aromatic heterocycles. The molecule has 0 saturated carbocycles. The van der Waals surface area contributed by atoms with Gasteiger partial charge in [-0.1, -0.05) is 28.1 Å². The number of rotatable bonds is 1. The maximum Gasteiger partial charge on any atom is 0.182 e. The lowest BCUT2D eigenvalue weighted by molar-refractivity contribution is 0.934. The van der Waals surface area contributed by atoms with Crippen LogP contribution >= 0.6 is 15.9 Å². The minimum absolute atomic E-state index is 0.669. The van der Waals surface area contributed by atoms with Crippen LogP contribution in [0, 0.1) is 0 Å². The van der Waals surface area contributed by atoms with E-state index in [9.17, 15) is 0 Å². The smallest absolute Gasteiger partial charge is 0.182 e. The van der Waals surface area contributed by atoms with Crippen molar-refractivity contribution in [2.75, 3.05) is 0 Å². The third-order valence-corrected chi connectivity index (χ3v) is 3.42. The topological polar surface area (TPSA) is 71.8 Å². The van der Waals surface area contributed by atoms with Crippen LogP contribution in [0.1, 0.15) is 0 Å². The number of nitrogens with one attached hydrogen (secondary N) is 1. The average Bonchev–Trinajstić information content (AvgIpc) is 3.04. The quantitative estimate of drug-likeness (QED) is 0.585. The van der Waals surface area contributed by atoms with Gasteiger partial charge in [-0.15, -0.1) is 5.10 Å². The molecule has 4 aromatic rings. The molecule has 0 amide bonds. The molecule has 0 fully saturated rings. The number of halogens is 1. The van der Waals surface area contributed by atoms with Gasteiger partial charge in [-0.25, -0.2) is 14.5 Å². The molecule has 1 aromatic carbocycles. The van der Waals surface area contributed by atoms with E-state index in [2.05, 4.69) is 41.2 Å². The fourth-order valence-electron chi connectivity index (χ4n) is 1.96. The van der Waals surface area contributed by atoms with Crippen molar-refractivity contribution in [1.29, 1.82) is 0 Å². The van der Waals surface area contributed by atoms with Crippen LogP contribution in [0.3, 0.4) is 0 Å². The molecular weight excluding hydrogens is 308 g/mol. The lowest BCUT2D eigenvalue weighted by atomic mass is 10.2. The summed E-state index contributed by atoms with van der Waals surface area (Å²) in [6.07, 6.45) is 3.34. The first-order chi connectivity index (χ1) is 9.31. The zero-order chi connectivity index (χ0) is 12.8. The highest BCUT2D eigenvalue weighted by atomic mass is 79.9. The maximum atomic E-state index is 4.55. The van der Waals surface area contributed by atoms with Crippen molar-refractivity contribution >= 4 is 32.6 Å². The number of hydrogen-bond donors (Lipinski definition) is 1. The first-order valence-electron chi connectivity index (χ1n) is 5.62. The number of aromatic amines is 1. The summed E-state index contributed by atoms with van der Waals surface area (Å²) in [5.74, 6) is 0.669. The Labute approximate surface area is 115 Å². The average molecular weight is 315 g/mol. The first kappa shape index (κ1) is 10.6. The summed E-state index contributed by atoms with van der Waals surface area (Å²) in [4.78, 5) is 8.77. The third kappa shape index (κ3) is 1.62. The lowest BCUT2D eigenvalue weighted by Gasteiger charge is -1.93. The minimum atomic E-state index is 0.669. The number of fused-ring (bicyclic) bond motifs is 3. The third-order valence-electron chi connectivity index (χ3n) is 2.89. The van der Waals surface area contributed by atoms with Gasteiger partial charge < -0.3 is 0 Å². The summed E-state index contributed by atoms with van der Waals surface area (Å²) < 4.78 is 2.69. The van der Waals surface area contributed by atoms with Gasteiger partial charge in [-0.3, -0.25) is 5.10 Å². The lowest BCUT2D eigenvalue weighted by Crippen LogP contribution is -1.89. The Morgan fingerprint density at radius 1 is 1.16 bits per heavy atom. The second kappa shape index (κ2) is 3.86. The predicted octanol–water partition coefficient (Wildman–Crippen LogP) is 2.43. The molecule has 0 saturated heterocycles. The number of nitrogens with zero attached hydrogens (tertiary/aromatic N) is 5. The summed E-state index contributed by atoms with van der Waals surface area (Å²) in [5, 5.41) is 12.1. The van der Waals surface area contributed by atoms with Gasteiger partial charge in [0.1, 0.15) is 6.33 Å². The van der Waals surface area contributed by atoms with Gasteiger partial charge in [0.15, 0.2) is 17.1 Å². The molecule has 0 aliphatic rings. The largest absolute Gasteiger partial charge is 0.261 e. The first-order valence-corrected chi connectivity index (χ1v) is 6.41. The number of aromatic nitrogens is 6. The SMILES string of the molecule is Brc1ccc(-c2nc3c4cn[nH]c4ncn3n2)cc1. The van der Waals surface area contributed by atoms with Gasteiger partial charge >= 0.3 is 0 Å². The van der Waals surface area contributed by atoms with E-state index in [-0.39, 0.29) is 0 Å². The van der Waals surface area contributed by atoms with Crippen LogP contribution in [0.15, 0.2) is 41.3 Å². The molecule has 3 heterocycles. The van der Waals surface area contributed by atoms with Crippen LogP contribution in [0.5, 0.6) is 0 Å². The van der Waals surface area contributed by atoms with E-state index in [0.717, 1.165) is 21.1 Å². The number of H-pyrrole nitrogens is 1. The van der Waals surface area contributed by atoms with E-state index in [4.69, 9.17) is 0 Å². The Morgan fingerprint density at radius 2 is 2.00 bits per heavy atom. The number of hydrogen-bond acceptors (Lipinski definition) is 4. The fraction of sp³-hybridized carbons (Fsp3) is 0. The van der Waals surface area contributed by atoms with Crippen LogP contribution in [0.25, 0.3) is 28.1 Å². The monoisotopic (exact) mass is 314 g/mol. The molecule has 6 nitrogen and oxygen atoms in total. The van der Waals surface area contributed by atoms with E-state index in [1.54, 1.807) is 17.0 Å². The van der Waals surface area contributed by atoms with Gasteiger partial charge in [0, 0.05) is 10.0 Å². The Kier molecular flexibility index (Phi) is 2.16. The zero-order valence-corrected chi connectivity index (χ0v) is 11.2. The Morgan fingerprint density at radius 3 is 2.84 bits per heavy atom. The van der Waals surface area contributed by atoms with Crippen molar-refractivity contribution in [1.82, 2.24) is 29.8 Å². The van der Waals surface area contributed by atoms with Crippen molar-refractivity contribution in [2.45, 2.75) is 0 Å². The van der Waals surface area contributed by atoms with Crippen molar-refractivity contribution in [2.24, 2.45) is 0 Å². The maximum absolute atomic E-state index is 4.55. The van der Waals surface area contributed by atoms with Crippen LogP contribution in [-0.4, -0.2) is 29.8 Å². The van der Waals surface area contributed by atoms with Gasteiger partial charge in [-0.2, -0.15) is 5.10 Å². The fourth-order valence-corrected chi connectivity index (χ4v) is 2.23. The molecule has 19 heavy (non-hydrogen) atoms. The molecule has 0 spiro atoms. The predicted molar refractivity (Wildman–Crippen MR) is 73.6 cm³/mol. The molecule has 0 atom stereocenters. The Hall–Kier alpha value is -2.28. The molecule has 0 unspecified atom stereocenters. The highest BCUT2D eigenvalue weighted by Gasteiger charge is 2.10. The summed E-state index contributed by atoms with van der Waals surface area (Å²) in [6.45, 7) is 0. The zero-order valence-electron chi connectivity index (χ0n) is 9.58. The minimum Gasteiger partial charge on any atom is -0.261 e. The second-order valence-corrected chi connectivity index (χ2v) is 5.00. The molecule has 0 bridgehead atoms. The summed E-state index contributed by atoms with van der Waals surface area (Å²) in [5.41, 5.74) is 2.42. The van der Waals surface area contributed by atoms with E-state index < -0.39 is 0 Å². The Balaban J connectivity index is 1.98. The van der Waals surface area contributed by atoms with Crippen molar-refractivity contribution in [3.63, 3.8) is 0 Å². The summed E-state index contributed by atoms with van der Waals surface area (Å²) >= 11 is 3.41. The highest BCUT2D eigenvalue weighted by molar-refractivity contribution is 9.10. The highest BCUT2D eigenvalue weighted by Crippen LogP contribution is 2.21. The summed E-state index contributed by atoms with van der Waals surface area (Å²) in [6, 6.07) is 7.87. The Bertz CT molecular complexity index is 876. The van der Waals surface area contributed by atoms with E-state index in [1.165, 1.54) is 0 Å². The molecule has 0 aliphatic carbocycles. The van der Waals surface area contributed by atoms with Gasteiger partial charge in [0.05, 0.1) is 11.6 Å². The summed E-state index contributed by atoms with van der Waals surface area (Å²) in [7, 11) is 0. The molecular formula is C12H7BrN6. The van der Waals surface area contributed by atoms with Crippen molar-refractivity contribution in [3.8, 4) is 11.4 Å². The van der Waals surface area contributed by atoms with Gasteiger partial charge in [0.2, 0.25) is 0 Å². The molecule has 0 aliphatic heterocycles. The van der Waals surface area contributed by atoms with Crippen molar-refractivity contribution in [3.05, 3.63) is 41.3 Å². The van der Waals surface area contributed by atoms with Crippen LogP contribution in [0.2, 0.25) is 0 Å². The van der Waals surface area contributed by atoms with E-state index in [0.29, 0.717) is 11.5 Å². The standard InChI is InChI=1S/C12H7BrN6/c13-8-3-1-7(2-4-8)10-16-12-9-5-15-17-11(9)14-6-19(12)18-10/h1-6H,(H,15,17). The molecule has 0 radical (unpaired) electrons. The van der Waals surface area contributed by atoms with Crippen LogP contribution < -0.4 is 0 Å². The van der Waals surface area contributed by atoms with Crippen molar-refractivity contribution < 1.29 is 0 Å². The number of benzene rings is 1.